The van der Waals surface area contributed by atoms with E-state index in [9.17, 15) is 9.59 Å². The van der Waals surface area contributed by atoms with E-state index in [1.807, 2.05) is 75.4 Å². The molecule has 0 saturated carbocycles. The van der Waals surface area contributed by atoms with Gasteiger partial charge in [-0.05, 0) is 138 Å². The number of carbonyl (C=O) groups excluding carboxylic acids is 2. The number of hydrogen-bond donors (Lipinski definition) is 0. The smallest absolute Gasteiger partial charge is 0.432 e. The molecule has 0 saturated heterocycles. The van der Waals surface area contributed by atoms with Crippen LogP contribution in [0.2, 0.25) is 0 Å². The van der Waals surface area contributed by atoms with Crippen molar-refractivity contribution < 1.29 is 57.0 Å². The van der Waals surface area contributed by atoms with Gasteiger partial charge in [-0.2, -0.15) is 0 Å². The third kappa shape index (κ3) is 17.7. The molecule has 370 valence electrons. The van der Waals surface area contributed by atoms with Gasteiger partial charge in [-0.25, -0.2) is 29.5 Å². The number of benzene rings is 4. The van der Waals surface area contributed by atoms with Crippen LogP contribution < -0.4 is 9.47 Å². The average molecular weight is 1070 g/mol. The first kappa shape index (κ1) is 55.9. The predicted molar refractivity (Wildman–Crippen MR) is 269 cm³/mol. The third-order valence-electron chi connectivity index (χ3n) is 10.0. The quantitative estimate of drug-likeness (QED) is 0.0217. The van der Waals surface area contributed by atoms with E-state index in [0.29, 0.717) is 78.7 Å². The number of halogens is 2. The van der Waals surface area contributed by atoms with Gasteiger partial charge in [-0.3, -0.25) is 0 Å². The fraction of sp³-hybridized carbons (Fsp3) is 0.480. The Morgan fingerprint density at radius 1 is 0.441 bits per heavy atom. The summed E-state index contributed by atoms with van der Waals surface area (Å²) in [6, 6.07) is 17.0. The van der Waals surface area contributed by atoms with Crippen LogP contribution in [0.3, 0.4) is 0 Å². The molecular formula is C50H64Br2N4O12. The standard InChI is InChI=1S/C25H31BrN2O6.C24H29BrN2O6.CH4/c1-17-8-7-9-20-21(17)28-22-19(26)16-18(2)24(23(22)27-20)34-25(29)33-15-14-32-13-12-31-11-6-4-5-10-30-3;1-17-16-18(25)21-22(27-20-9-5-4-8-19(20)26-21)23(17)33-24(28)32-15-14-31-13-12-30-11-7-3-6-10-29-2;/h7-9,16H,4-6,10-15H2,1-3H3;4-5,8-9,16H,3,6-7,10-15H2,1-2H3;1H4. The zero-order chi connectivity index (χ0) is 47.8. The van der Waals surface area contributed by atoms with Crippen LogP contribution in [0, 0.1) is 20.8 Å². The van der Waals surface area contributed by atoms with E-state index < -0.39 is 12.3 Å². The van der Waals surface area contributed by atoms with Gasteiger partial charge in [0.15, 0.2) is 11.5 Å². The van der Waals surface area contributed by atoms with Crippen molar-refractivity contribution in [1.29, 1.82) is 0 Å². The van der Waals surface area contributed by atoms with Crippen LogP contribution in [0.25, 0.3) is 44.1 Å². The van der Waals surface area contributed by atoms with Crippen molar-refractivity contribution in [3.05, 3.63) is 80.2 Å². The van der Waals surface area contributed by atoms with Gasteiger partial charge < -0.3 is 47.4 Å². The van der Waals surface area contributed by atoms with Crippen LogP contribution in [-0.4, -0.2) is 126 Å². The molecule has 0 amide bonds. The summed E-state index contributed by atoms with van der Waals surface area (Å²) in [4.78, 5) is 43.3. The first-order valence-corrected chi connectivity index (χ1v) is 23.9. The number of ether oxygens (including phenoxy) is 10. The SMILES string of the molecule is C.COCCCCCOCCOCCOC(=O)Oc1c(C)cc(Br)c2nc3c(C)cccc3nc12.COCCCCCOCCOCCOC(=O)Oc1c(C)cc(Br)c2nc3ccccc3nc12. The number of aromatic nitrogens is 4. The summed E-state index contributed by atoms with van der Waals surface area (Å²) in [5.41, 5.74) is 7.75. The topological polar surface area (TPSA) is 178 Å². The van der Waals surface area contributed by atoms with Crippen molar-refractivity contribution in [3.63, 3.8) is 0 Å². The Kier molecular flexibility index (Phi) is 25.3. The number of unbranched alkanes of at least 4 members (excludes halogenated alkanes) is 4. The number of nitrogens with zero attached hydrogens (tertiary/aromatic N) is 4. The van der Waals surface area contributed by atoms with Crippen molar-refractivity contribution in [1.82, 2.24) is 19.9 Å². The molecule has 68 heavy (non-hydrogen) atoms. The van der Waals surface area contributed by atoms with Crippen LogP contribution in [0.15, 0.2) is 63.5 Å². The highest BCUT2D eigenvalue weighted by Crippen LogP contribution is 2.36. The summed E-state index contributed by atoms with van der Waals surface area (Å²) in [5.74, 6) is 0.662. The van der Waals surface area contributed by atoms with Gasteiger partial charge in [-0.15, -0.1) is 0 Å². The second kappa shape index (κ2) is 30.7. The molecule has 0 radical (unpaired) electrons. The van der Waals surface area contributed by atoms with Gasteiger partial charge in [0, 0.05) is 49.6 Å². The Morgan fingerprint density at radius 3 is 1.32 bits per heavy atom. The molecule has 2 aromatic heterocycles. The Bertz CT molecular complexity index is 2510. The van der Waals surface area contributed by atoms with E-state index in [1.165, 1.54) is 0 Å². The lowest BCUT2D eigenvalue weighted by atomic mass is 10.1. The highest BCUT2D eigenvalue weighted by Gasteiger charge is 2.20. The van der Waals surface area contributed by atoms with E-state index in [4.69, 9.17) is 57.3 Å². The van der Waals surface area contributed by atoms with Gasteiger partial charge in [0.05, 0.1) is 61.7 Å². The van der Waals surface area contributed by atoms with Gasteiger partial charge in [0.2, 0.25) is 0 Å². The number of para-hydroxylation sites is 3. The molecule has 2 heterocycles. The molecule has 4 aromatic carbocycles. The fourth-order valence-electron chi connectivity index (χ4n) is 6.64. The second-order valence-corrected chi connectivity index (χ2v) is 16.9. The number of methoxy groups -OCH3 is 2. The van der Waals surface area contributed by atoms with E-state index in [-0.39, 0.29) is 33.9 Å². The average Bonchev–Trinajstić information content (AvgIpc) is 3.32. The highest BCUT2D eigenvalue weighted by molar-refractivity contribution is 9.11. The molecule has 6 rings (SSSR count). The van der Waals surface area contributed by atoms with Crippen molar-refractivity contribution >= 4 is 88.3 Å². The second-order valence-electron chi connectivity index (χ2n) is 15.2. The third-order valence-corrected chi connectivity index (χ3v) is 11.2. The zero-order valence-corrected chi connectivity index (χ0v) is 42.0. The molecule has 6 aromatic rings. The van der Waals surface area contributed by atoms with Gasteiger partial charge in [0.1, 0.15) is 35.3 Å². The van der Waals surface area contributed by atoms with E-state index in [0.717, 1.165) is 93.9 Å². The monoisotopic (exact) mass is 1070 g/mol. The first-order chi connectivity index (χ1) is 32.6. The Hall–Kier alpha value is -4.66. The lowest BCUT2D eigenvalue weighted by Gasteiger charge is -2.13. The maximum Gasteiger partial charge on any atom is 0.514 e. The predicted octanol–water partition coefficient (Wildman–Crippen LogP) is 11.4. The summed E-state index contributed by atoms with van der Waals surface area (Å²) in [6.45, 7) is 11.2. The van der Waals surface area contributed by atoms with Gasteiger partial charge in [-0.1, -0.05) is 31.7 Å². The summed E-state index contributed by atoms with van der Waals surface area (Å²) in [6.07, 6.45) is 4.63. The normalized spacial score (nSPS) is 11.1. The number of aryl methyl sites for hydroxylation is 3. The number of carbonyl (C=O) groups is 2. The molecule has 0 spiro atoms. The molecule has 0 aliphatic heterocycles. The van der Waals surface area contributed by atoms with Crippen molar-refractivity contribution in [2.45, 2.75) is 66.7 Å². The van der Waals surface area contributed by atoms with Crippen LogP contribution in [0.5, 0.6) is 11.5 Å². The van der Waals surface area contributed by atoms with Crippen molar-refractivity contribution in [3.8, 4) is 11.5 Å². The minimum Gasteiger partial charge on any atom is -0.432 e. The Morgan fingerprint density at radius 2 is 0.838 bits per heavy atom. The molecule has 0 fully saturated rings. The molecule has 0 bridgehead atoms. The summed E-state index contributed by atoms with van der Waals surface area (Å²) in [7, 11) is 3.41. The molecule has 0 aliphatic rings. The largest absolute Gasteiger partial charge is 0.514 e. The lowest BCUT2D eigenvalue weighted by Crippen LogP contribution is -2.16. The molecule has 16 nitrogen and oxygen atoms in total. The summed E-state index contributed by atoms with van der Waals surface area (Å²) < 4.78 is 54.8. The van der Waals surface area contributed by atoms with Gasteiger partial charge in [0.25, 0.3) is 0 Å². The number of fused-ring (bicyclic) bond motifs is 4. The fourth-order valence-corrected chi connectivity index (χ4v) is 7.88. The lowest BCUT2D eigenvalue weighted by molar-refractivity contribution is 0.0196. The maximum atomic E-state index is 12.3. The maximum absolute atomic E-state index is 12.3. The molecule has 0 aliphatic carbocycles. The highest BCUT2D eigenvalue weighted by atomic mass is 79.9. The molecule has 18 heteroatoms. The molecule has 0 atom stereocenters. The Balaban J connectivity index is 0.000000292. The van der Waals surface area contributed by atoms with Crippen molar-refractivity contribution in [2.75, 3.05) is 93.5 Å². The van der Waals surface area contributed by atoms with Crippen LogP contribution in [-0.2, 0) is 37.9 Å². The van der Waals surface area contributed by atoms with Crippen LogP contribution in [0.1, 0.15) is 62.6 Å². The van der Waals surface area contributed by atoms with Crippen LogP contribution >= 0.6 is 31.9 Å². The number of hydrogen-bond acceptors (Lipinski definition) is 16. The van der Waals surface area contributed by atoms with E-state index in [2.05, 4.69) is 41.8 Å². The molecule has 0 N–H and O–H groups in total. The molecule has 0 unspecified atom stereocenters. The van der Waals surface area contributed by atoms with Crippen LogP contribution in [0.4, 0.5) is 9.59 Å². The number of rotatable bonds is 26. The minimum atomic E-state index is -0.812. The zero-order valence-electron chi connectivity index (χ0n) is 38.9. The van der Waals surface area contributed by atoms with E-state index >= 15 is 0 Å². The van der Waals surface area contributed by atoms with Crippen molar-refractivity contribution in [2.24, 2.45) is 0 Å². The Labute approximate surface area is 415 Å². The minimum absolute atomic E-state index is 0. The summed E-state index contributed by atoms with van der Waals surface area (Å²) in [5, 5.41) is 0. The molecular weight excluding hydrogens is 1010 g/mol. The van der Waals surface area contributed by atoms with E-state index in [1.54, 1.807) is 14.2 Å². The summed E-state index contributed by atoms with van der Waals surface area (Å²) >= 11 is 7.07. The van der Waals surface area contributed by atoms with Gasteiger partial charge >= 0.3 is 12.3 Å². The first-order valence-electron chi connectivity index (χ1n) is 22.3.